The Morgan fingerprint density at radius 1 is 0.442 bits per heavy atom. The van der Waals surface area contributed by atoms with Crippen LogP contribution in [0.5, 0.6) is 0 Å². The Morgan fingerprint density at radius 3 is 1.02 bits per heavy atom. The van der Waals surface area contributed by atoms with Gasteiger partial charge in [-0.15, -0.1) is 0 Å². The fraction of sp³-hybridized carbons (Fsp3) is 0.333. The third-order valence-electron chi connectivity index (χ3n) is 13.2. The van der Waals surface area contributed by atoms with Crippen molar-refractivity contribution in [3.05, 3.63) is 131 Å². The summed E-state index contributed by atoms with van der Waals surface area (Å²) in [6.45, 7) is 26.2. The average Bonchev–Trinajstić information content (AvgIpc) is 3.66. The van der Waals surface area contributed by atoms with E-state index in [0.29, 0.717) is 0 Å². The molecule has 2 aliphatic rings. The van der Waals surface area contributed by atoms with E-state index in [2.05, 4.69) is 184 Å². The van der Waals surface area contributed by atoms with Gasteiger partial charge in [-0.25, -0.2) is 0 Å². The van der Waals surface area contributed by atoms with Crippen molar-refractivity contribution in [2.24, 2.45) is 5.92 Å². The molecule has 8 rings (SSSR count). The van der Waals surface area contributed by atoms with Crippen molar-refractivity contribution in [3.63, 3.8) is 0 Å². The summed E-state index contributed by atoms with van der Waals surface area (Å²) in [7, 11) is -4.42. The molecule has 266 valence electrons. The van der Waals surface area contributed by atoms with Crippen LogP contribution in [0.4, 0.5) is 0 Å². The van der Waals surface area contributed by atoms with Gasteiger partial charge in [-0.05, 0) is 120 Å². The van der Waals surface area contributed by atoms with E-state index in [1.807, 2.05) is 0 Å². The summed E-state index contributed by atoms with van der Waals surface area (Å²) in [5.74, 6) is 2.49. The Labute approximate surface area is 312 Å². The molecular weight excluding hydrogens is 665 g/mol. The lowest BCUT2D eigenvalue weighted by Gasteiger charge is -2.42. The molecule has 0 aromatic heterocycles. The number of benzene rings is 6. The van der Waals surface area contributed by atoms with E-state index in [1.54, 1.807) is 0 Å². The molecule has 0 saturated heterocycles. The lowest BCUT2D eigenvalue weighted by molar-refractivity contribution is 0.279. The Balaban J connectivity index is 1.42. The zero-order valence-electron chi connectivity index (χ0n) is 32.9. The third kappa shape index (κ3) is 5.31. The zero-order valence-corrected chi connectivity index (χ0v) is 34.9. The zero-order chi connectivity index (χ0) is 37.0. The Kier molecular flexibility index (Phi) is 8.02. The first-order chi connectivity index (χ1) is 24.5. The van der Waals surface area contributed by atoms with E-state index < -0.39 is 16.6 Å². The van der Waals surface area contributed by atoms with Gasteiger partial charge >= 0.3 is 0 Å². The van der Waals surface area contributed by atoms with Crippen LogP contribution in [0.25, 0.3) is 55.2 Å². The lowest BCUT2D eigenvalue weighted by Crippen LogP contribution is -2.42. The molecule has 0 bridgehead atoms. The second kappa shape index (κ2) is 11.9. The van der Waals surface area contributed by atoms with Gasteiger partial charge in [0.05, 0.1) is 11.5 Å². The van der Waals surface area contributed by atoms with Crippen molar-refractivity contribution in [2.45, 2.75) is 96.6 Å². The number of allylic oxidation sites excluding steroid dienone is 2. The molecule has 4 heteroatoms. The van der Waals surface area contributed by atoms with Crippen molar-refractivity contribution in [3.8, 4) is 0 Å². The highest BCUT2D eigenvalue weighted by molar-refractivity contribution is 6.74. The molecule has 2 aliphatic carbocycles. The summed E-state index contributed by atoms with van der Waals surface area (Å²) in [6, 6.07) is 36.0. The van der Waals surface area contributed by atoms with Crippen LogP contribution in [0.15, 0.2) is 109 Å². The molecular formula is C48H54O2Si2. The number of rotatable bonds is 6. The smallest absolute Gasteiger partial charge is 0.250 e. The van der Waals surface area contributed by atoms with Gasteiger partial charge in [0.1, 0.15) is 0 Å². The molecule has 0 spiro atoms. The normalized spacial score (nSPS) is 18.4. The second-order valence-corrected chi connectivity index (χ2v) is 27.9. The minimum atomic E-state index is -2.21. The van der Waals surface area contributed by atoms with Crippen LogP contribution in [-0.4, -0.2) is 16.6 Å². The highest BCUT2D eigenvalue weighted by Gasteiger charge is 2.48. The molecule has 0 saturated carbocycles. The summed E-state index contributed by atoms with van der Waals surface area (Å²) < 4.78 is 15.0. The highest BCUT2D eigenvalue weighted by Crippen LogP contribution is 2.58. The number of hydrogen-bond acceptors (Lipinski definition) is 2. The van der Waals surface area contributed by atoms with Crippen molar-refractivity contribution >= 4 is 71.9 Å². The Bertz CT molecular complexity index is 2300. The van der Waals surface area contributed by atoms with Crippen LogP contribution >= 0.6 is 0 Å². The molecule has 2 nitrogen and oxygen atoms in total. The summed E-state index contributed by atoms with van der Waals surface area (Å²) >= 11 is 0. The summed E-state index contributed by atoms with van der Waals surface area (Å²) in [6.07, 6.45) is 4.86. The van der Waals surface area contributed by atoms with Crippen LogP contribution in [0.1, 0.15) is 82.6 Å². The molecule has 52 heavy (non-hydrogen) atoms. The van der Waals surface area contributed by atoms with Crippen LogP contribution in [-0.2, 0) is 8.85 Å². The SMILES string of the molecule is CC(C1C(O[Si](C)(C)C(C)(C)C)=Cc2c1c1ccccc1c1ccccc21)C1C(O[Si](C)(C)C(C)(C)C)=Cc2c1c1ccccc1c1ccccc21. The van der Waals surface area contributed by atoms with Crippen molar-refractivity contribution in [1.82, 2.24) is 0 Å². The number of fused-ring (bicyclic) bond motifs is 12. The summed E-state index contributed by atoms with van der Waals surface area (Å²) in [4.78, 5) is 0. The van der Waals surface area contributed by atoms with Gasteiger partial charge in [0, 0.05) is 11.8 Å². The summed E-state index contributed by atoms with van der Waals surface area (Å²) in [5, 5.41) is 10.6. The molecule has 0 N–H and O–H groups in total. The fourth-order valence-electron chi connectivity index (χ4n) is 8.44. The van der Waals surface area contributed by atoms with Gasteiger partial charge in [0.25, 0.3) is 0 Å². The molecule has 0 aliphatic heterocycles. The minimum absolute atomic E-state index is 0.0474. The van der Waals surface area contributed by atoms with E-state index in [9.17, 15) is 0 Å². The first kappa shape index (κ1) is 34.9. The fourth-order valence-corrected chi connectivity index (χ4v) is 10.6. The monoisotopic (exact) mass is 718 g/mol. The summed E-state index contributed by atoms with van der Waals surface area (Å²) in [5.41, 5.74) is 5.44. The molecule has 6 aromatic rings. The molecule has 6 aromatic carbocycles. The van der Waals surface area contributed by atoms with Gasteiger partial charge in [-0.3, -0.25) is 0 Å². The van der Waals surface area contributed by atoms with Crippen molar-refractivity contribution < 1.29 is 8.85 Å². The quantitative estimate of drug-likeness (QED) is 0.126. The van der Waals surface area contributed by atoms with Crippen LogP contribution in [0.2, 0.25) is 36.3 Å². The van der Waals surface area contributed by atoms with Gasteiger partial charge in [0.15, 0.2) is 0 Å². The van der Waals surface area contributed by atoms with Gasteiger partial charge in [-0.1, -0.05) is 146 Å². The van der Waals surface area contributed by atoms with E-state index in [1.165, 1.54) is 65.3 Å². The van der Waals surface area contributed by atoms with E-state index in [-0.39, 0.29) is 27.8 Å². The predicted molar refractivity (Wildman–Crippen MR) is 230 cm³/mol. The van der Waals surface area contributed by atoms with Gasteiger partial charge in [-0.2, -0.15) is 0 Å². The van der Waals surface area contributed by atoms with Crippen LogP contribution in [0.3, 0.4) is 0 Å². The Morgan fingerprint density at radius 2 is 0.712 bits per heavy atom. The average molecular weight is 719 g/mol. The molecule has 0 radical (unpaired) electrons. The van der Waals surface area contributed by atoms with E-state index >= 15 is 0 Å². The molecule has 0 heterocycles. The van der Waals surface area contributed by atoms with E-state index in [0.717, 1.165) is 11.5 Å². The predicted octanol–water partition coefficient (Wildman–Crippen LogP) is 14.6. The Hall–Kier alpha value is -4.13. The van der Waals surface area contributed by atoms with Crippen LogP contribution < -0.4 is 0 Å². The molecule has 0 fully saturated rings. The topological polar surface area (TPSA) is 18.5 Å². The number of hydrogen-bond donors (Lipinski definition) is 0. The van der Waals surface area contributed by atoms with Gasteiger partial charge < -0.3 is 8.85 Å². The van der Waals surface area contributed by atoms with Crippen molar-refractivity contribution in [1.29, 1.82) is 0 Å². The highest BCUT2D eigenvalue weighted by atomic mass is 28.4. The maximum absolute atomic E-state index is 7.52. The minimum Gasteiger partial charge on any atom is -0.546 e. The molecule has 2 unspecified atom stereocenters. The largest absolute Gasteiger partial charge is 0.546 e. The van der Waals surface area contributed by atoms with E-state index in [4.69, 9.17) is 8.85 Å². The second-order valence-electron chi connectivity index (χ2n) is 18.5. The third-order valence-corrected chi connectivity index (χ3v) is 22.0. The van der Waals surface area contributed by atoms with Crippen molar-refractivity contribution in [2.75, 3.05) is 0 Å². The maximum atomic E-state index is 7.52. The van der Waals surface area contributed by atoms with Crippen LogP contribution in [0, 0.1) is 5.92 Å². The maximum Gasteiger partial charge on any atom is 0.250 e. The lowest BCUT2D eigenvalue weighted by atomic mass is 9.74. The van der Waals surface area contributed by atoms with Gasteiger partial charge in [0.2, 0.25) is 16.6 Å². The first-order valence-corrected chi connectivity index (χ1v) is 25.0. The standard InChI is InChI=1S/C48H54O2Si2/c1-30(43-41(49-51(8,9)47(2,3)4)28-39-35-24-14-12-20-31(35)33-22-16-18-26-37(33)45(39)43)44-42(50-52(10,11)48(5,6)7)29-40-36-25-15-13-21-32(36)34-23-17-19-27-38(34)46(40)44/h12-30,43-44H,1-11H3. The molecule has 0 amide bonds. The molecule has 2 atom stereocenters. The first-order valence-electron chi connectivity index (χ1n) is 19.2.